The normalized spacial score (nSPS) is 27.0. The van der Waals surface area contributed by atoms with Gasteiger partial charge in [0.2, 0.25) is 0 Å². The average molecular weight is 269 g/mol. The Morgan fingerprint density at radius 3 is 2.90 bits per heavy atom. The van der Waals surface area contributed by atoms with E-state index in [1.165, 1.54) is 24.0 Å². The number of benzene rings is 1. The van der Waals surface area contributed by atoms with Crippen molar-refractivity contribution in [3.05, 3.63) is 47.0 Å². The summed E-state index contributed by atoms with van der Waals surface area (Å²) in [5, 5.41) is 17.9. The van der Waals surface area contributed by atoms with Crippen LogP contribution >= 0.6 is 0 Å². The summed E-state index contributed by atoms with van der Waals surface area (Å²) in [6, 6.07) is 8.80. The van der Waals surface area contributed by atoms with Gasteiger partial charge in [0.05, 0.1) is 0 Å². The van der Waals surface area contributed by atoms with Gasteiger partial charge in [-0.05, 0) is 42.7 Å². The second-order valence-electron chi connectivity index (χ2n) is 5.83. The lowest BCUT2D eigenvalue weighted by molar-refractivity contribution is 0.264. The maximum Gasteiger partial charge on any atom is 0.158 e. The zero-order chi connectivity index (χ0) is 13.7. The molecule has 20 heavy (non-hydrogen) atoms. The highest BCUT2D eigenvalue weighted by atomic mass is 16.3. The highest BCUT2D eigenvalue weighted by Crippen LogP contribution is 2.64. The first kappa shape index (κ1) is 12.1. The van der Waals surface area contributed by atoms with Crippen LogP contribution in [0.25, 0.3) is 0 Å². The van der Waals surface area contributed by atoms with E-state index in [0.29, 0.717) is 23.6 Å². The molecule has 0 saturated heterocycles. The van der Waals surface area contributed by atoms with Gasteiger partial charge in [-0.25, -0.2) is 0 Å². The molecule has 0 amide bonds. The monoisotopic (exact) mass is 269 g/mol. The smallest absolute Gasteiger partial charge is 0.158 e. The lowest BCUT2D eigenvalue weighted by atomic mass is 9.92. The fourth-order valence-electron chi connectivity index (χ4n) is 3.98. The zero-order valence-electron chi connectivity index (χ0n) is 11.7. The molecule has 4 nitrogen and oxygen atoms in total. The van der Waals surface area contributed by atoms with Crippen LogP contribution in [-0.4, -0.2) is 19.9 Å². The SMILES string of the molecule is CCn1c(CO)nnc1C1C2CCc3ccccc3C21. The van der Waals surface area contributed by atoms with Gasteiger partial charge in [-0.15, -0.1) is 10.2 Å². The molecule has 1 saturated carbocycles. The second-order valence-corrected chi connectivity index (χ2v) is 5.83. The van der Waals surface area contributed by atoms with Crippen LogP contribution in [0.5, 0.6) is 0 Å². The van der Waals surface area contributed by atoms with Crippen molar-refractivity contribution in [1.82, 2.24) is 14.8 Å². The molecule has 1 aromatic carbocycles. The molecule has 1 fully saturated rings. The van der Waals surface area contributed by atoms with E-state index in [9.17, 15) is 5.11 Å². The van der Waals surface area contributed by atoms with E-state index in [4.69, 9.17) is 0 Å². The Kier molecular flexibility index (Phi) is 2.67. The molecule has 0 aliphatic heterocycles. The van der Waals surface area contributed by atoms with E-state index in [0.717, 1.165) is 12.4 Å². The molecule has 104 valence electrons. The van der Waals surface area contributed by atoms with E-state index in [-0.39, 0.29) is 6.61 Å². The van der Waals surface area contributed by atoms with Crippen molar-refractivity contribution in [3.63, 3.8) is 0 Å². The minimum absolute atomic E-state index is 0.0283. The molecule has 4 rings (SSSR count). The molecule has 0 bridgehead atoms. The standard InChI is InChI=1S/C16H19N3O/c1-2-19-13(9-20)17-18-16(19)15-12-8-7-10-5-3-4-6-11(10)14(12)15/h3-6,12,14-15,20H,2,7-9H2,1H3. The molecular weight excluding hydrogens is 250 g/mol. The molecule has 2 aliphatic rings. The van der Waals surface area contributed by atoms with Crippen molar-refractivity contribution in [3.8, 4) is 0 Å². The van der Waals surface area contributed by atoms with Crippen molar-refractivity contribution < 1.29 is 5.11 Å². The summed E-state index contributed by atoms with van der Waals surface area (Å²) in [5.41, 5.74) is 3.01. The highest BCUT2D eigenvalue weighted by molar-refractivity contribution is 5.43. The van der Waals surface area contributed by atoms with Crippen LogP contribution in [0.1, 0.15) is 48.0 Å². The summed E-state index contributed by atoms with van der Waals surface area (Å²) < 4.78 is 2.09. The van der Waals surface area contributed by atoms with Crippen LogP contribution in [0.4, 0.5) is 0 Å². The predicted octanol–water partition coefficient (Wildman–Crippen LogP) is 2.23. The first-order valence-corrected chi connectivity index (χ1v) is 7.45. The fraction of sp³-hybridized carbons (Fsp3) is 0.500. The molecule has 3 unspecified atom stereocenters. The molecule has 3 atom stereocenters. The van der Waals surface area contributed by atoms with Crippen LogP contribution in [-0.2, 0) is 19.6 Å². The molecule has 2 aliphatic carbocycles. The van der Waals surface area contributed by atoms with Crippen molar-refractivity contribution >= 4 is 0 Å². The Morgan fingerprint density at radius 1 is 1.25 bits per heavy atom. The van der Waals surface area contributed by atoms with Gasteiger partial charge in [-0.1, -0.05) is 24.3 Å². The maximum atomic E-state index is 9.36. The molecule has 1 N–H and O–H groups in total. The Morgan fingerprint density at radius 2 is 2.10 bits per heavy atom. The summed E-state index contributed by atoms with van der Waals surface area (Å²) in [6.45, 7) is 2.89. The number of nitrogens with zero attached hydrogens (tertiary/aromatic N) is 3. The summed E-state index contributed by atoms with van der Waals surface area (Å²) >= 11 is 0. The number of aromatic nitrogens is 3. The maximum absolute atomic E-state index is 9.36. The van der Waals surface area contributed by atoms with E-state index in [1.807, 2.05) is 0 Å². The van der Waals surface area contributed by atoms with Gasteiger partial charge >= 0.3 is 0 Å². The van der Waals surface area contributed by atoms with E-state index < -0.39 is 0 Å². The summed E-state index contributed by atoms with van der Waals surface area (Å²) in [6.07, 6.45) is 2.43. The number of hydrogen-bond acceptors (Lipinski definition) is 3. The lowest BCUT2D eigenvalue weighted by Crippen LogP contribution is -2.06. The van der Waals surface area contributed by atoms with Crippen LogP contribution in [0.2, 0.25) is 0 Å². The topological polar surface area (TPSA) is 50.9 Å². The van der Waals surface area contributed by atoms with Crippen LogP contribution in [0, 0.1) is 5.92 Å². The van der Waals surface area contributed by atoms with Gasteiger partial charge in [0.15, 0.2) is 5.82 Å². The van der Waals surface area contributed by atoms with Crippen molar-refractivity contribution in [2.45, 2.75) is 44.8 Å². The number of aliphatic hydroxyl groups excluding tert-OH is 1. The van der Waals surface area contributed by atoms with Crippen LogP contribution in [0.15, 0.2) is 24.3 Å². The van der Waals surface area contributed by atoms with Gasteiger partial charge in [-0.2, -0.15) is 0 Å². The minimum Gasteiger partial charge on any atom is -0.388 e. The number of fused-ring (bicyclic) bond motifs is 3. The third-order valence-corrected chi connectivity index (χ3v) is 4.94. The van der Waals surface area contributed by atoms with E-state index in [1.54, 1.807) is 0 Å². The zero-order valence-corrected chi connectivity index (χ0v) is 11.7. The van der Waals surface area contributed by atoms with Crippen LogP contribution < -0.4 is 0 Å². The number of aryl methyl sites for hydroxylation is 1. The number of rotatable bonds is 3. The molecule has 0 spiro atoms. The van der Waals surface area contributed by atoms with Crippen molar-refractivity contribution in [1.29, 1.82) is 0 Å². The van der Waals surface area contributed by atoms with Gasteiger partial charge in [0, 0.05) is 12.5 Å². The molecule has 2 aromatic rings. The Hall–Kier alpha value is -1.68. The van der Waals surface area contributed by atoms with Gasteiger partial charge in [0.1, 0.15) is 12.4 Å². The highest BCUT2D eigenvalue weighted by Gasteiger charge is 2.56. The second kappa shape index (κ2) is 4.42. The third-order valence-electron chi connectivity index (χ3n) is 4.94. The molecule has 1 aromatic heterocycles. The number of hydrogen-bond donors (Lipinski definition) is 1. The summed E-state index contributed by atoms with van der Waals surface area (Å²) in [4.78, 5) is 0. The Balaban J connectivity index is 1.72. The van der Waals surface area contributed by atoms with Gasteiger partial charge < -0.3 is 9.67 Å². The van der Waals surface area contributed by atoms with Crippen LogP contribution in [0.3, 0.4) is 0 Å². The number of aliphatic hydroxyl groups is 1. The third kappa shape index (κ3) is 1.57. The largest absolute Gasteiger partial charge is 0.388 e. The first-order valence-electron chi connectivity index (χ1n) is 7.45. The van der Waals surface area contributed by atoms with E-state index >= 15 is 0 Å². The summed E-state index contributed by atoms with van der Waals surface area (Å²) in [5.74, 6) is 3.58. The Bertz CT molecular complexity index is 649. The van der Waals surface area contributed by atoms with E-state index in [2.05, 4.69) is 46.0 Å². The minimum atomic E-state index is -0.0283. The quantitative estimate of drug-likeness (QED) is 0.929. The first-order chi connectivity index (χ1) is 9.85. The van der Waals surface area contributed by atoms with Crippen molar-refractivity contribution in [2.24, 2.45) is 5.92 Å². The predicted molar refractivity (Wildman–Crippen MR) is 75.4 cm³/mol. The molecule has 0 radical (unpaired) electrons. The Labute approximate surface area is 118 Å². The summed E-state index contributed by atoms with van der Waals surface area (Å²) in [7, 11) is 0. The molecule has 4 heteroatoms. The lowest BCUT2D eigenvalue weighted by Gasteiger charge is -2.13. The van der Waals surface area contributed by atoms with Gasteiger partial charge in [-0.3, -0.25) is 0 Å². The average Bonchev–Trinajstić information content (AvgIpc) is 3.09. The molecule has 1 heterocycles. The van der Waals surface area contributed by atoms with Crippen molar-refractivity contribution in [2.75, 3.05) is 0 Å². The molecular formula is C16H19N3O. The fourth-order valence-corrected chi connectivity index (χ4v) is 3.98. The van der Waals surface area contributed by atoms with Gasteiger partial charge in [0.25, 0.3) is 0 Å².